The van der Waals surface area contributed by atoms with E-state index < -0.39 is 24.7 Å². The Morgan fingerprint density at radius 1 is 1.47 bits per heavy atom. The maximum absolute atomic E-state index is 12.1. The summed E-state index contributed by atoms with van der Waals surface area (Å²) in [6.07, 6.45) is -7.35. The van der Waals surface area contributed by atoms with E-state index in [1.54, 1.807) is 6.07 Å². The van der Waals surface area contributed by atoms with Crippen molar-refractivity contribution in [3.05, 3.63) is 28.2 Å². The monoisotopic (exact) mass is 341 g/mol. The molecule has 0 saturated carbocycles. The van der Waals surface area contributed by atoms with Crippen LogP contribution >= 0.6 is 15.9 Å². The number of benzene rings is 1. The van der Waals surface area contributed by atoms with Gasteiger partial charge in [0.1, 0.15) is 5.75 Å². The zero-order valence-electron chi connectivity index (χ0n) is 9.79. The molecule has 0 aliphatic rings. The number of hydrogen-bond acceptors (Lipinski definition) is 3. The standard InChI is InChI=1S/C11H11BrF3NO3/c1-19-8-3-6(2-7(12)4-8)10(18)16-5-9(17)11(13,14)15/h2-4,9,17H,5H2,1H3,(H,16,18)/t9-/m1/s1. The molecule has 0 fully saturated rings. The number of halogens is 4. The molecule has 1 aromatic rings. The van der Waals surface area contributed by atoms with E-state index in [1.165, 1.54) is 19.2 Å². The number of hydrogen-bond donors (Lipinski definition) is 2. The van der Waals surface area contributed by atoms with E-state index >= 15 is 0 Å². The van der Waals surface area contributed by atoms with E-state index in [9.17, 15) is 18.0 Å². The molecule has 1 atom stereocenters. The van der Waals surface area contributed by atoms with Crippen LogP contribution in [0.1, 0.15) is 10.4 Å². The molecule has 0 spiro atoms. The number of amides is 1. The molecule has 0 bridgehead atoms. The van der Waals surface area contributed by atoms with Crippen LogP contribution < -0.4 is 10.1 Å². The number of carbonyl (C=O) groups excluding carboxylic acids is 1. The second-order valence-corrected chi connectivity index (χ2v) is 4.56. The summed E-state index contributed by atoms with van der Waals surface area (Å²) in [5.41, 5.74) is 0.126. The molecule has 19 heavy (non-hydrogen) atoms. The van der Waals surface area contributed by atoms with Crippen LogP contribution in [0.15, 0.2) is 22.7 Å². The normalized spacial score (nSPS) is 12.9. The van der Waals surface area contributed by atoms with E-state index in [1.807, 2.05) is 5.32 Å². The third-order valence-electron chi connectivity index (χ3n) is 2.20. The lowest BCUT2D eigenvalue weighted by Crippen LogP contribution is -2.40. The van der Waals surface area contributed by atoms with Gasteiger partial charge in [0.05, 0.1) is 13.7 Å². The lowest BCUT2D eigenvalue weighted by molar-refractivity contribution is -0.201. The summed E-state index contributed by atoms with van der Waals surface area (Å²) in [4.78, 5) is 11.6. The Bertz CT molecular complexity index is 465. The van der Waals surface area contributed by atoms with Crippen LogP contribution in [0.4, 0.5) is 13.2 Å². The van der Waals surface area contributed by atoms with Gasteiger partial charge in [0, 0.05) is 10.0 Å². The number of alkyl halides is 3. The van der Waals surface area contributed by atoms with Crippen molar-refractivity contribution < 1.29 is 27.8 Å². The lowest BCUT2D eigenvalue weighted by Gasteiger charge is -2.15. The van der Waals surface area contributed by atoms with Crippen LogP contribution in [0, 0.1) is 0 Å². The summed E-state index contributed by atoms with van der Waals surface area (Å²) in [7, 11) is 1.40. The van der Waals surface area contributed by atoms with Crippen molar-refractivity contribution in [1.29, 1.82) is 0 Å². The molecule has 106 valence electrons. The first kappa shape index (κ1) is 15.8. The Labute approximate surface area is 115 Å². The third kappa shape index (κ3) is 4.71. The Balaban J connectivity index is 2.71. The number of aliphatic hydroxyl groups is 1. The van der Waals surface area contributed by atoms with E-state index in [-0.39, 0.29) is 5.56 Å². The molecule has 2 N–H and O–H groups in total. The summed E-state index contributed by atoms with van der Waals surface area (Å²) < 4.78 is 41.6. The first-order valence-electron chi connectivity index (χ1n) is 5.11. The van der Waals surface area contributed by atoms with Crippen LogP contribution in [-0.4, -0.2) is 36.9 Å². The lowest BCUT2D eigenvalue weighted by atomic mass is 10.2. The summed E-state index contributed by atoms with van der Waals surface area (Å²) in [6.45, 7) is -0.906. The highest BCUT2D eigenvalue weighted by Gasteiger charge is 2.38. The third-order valence-corrected chi connectivity index (χ3v) is 2.66. The first-order valence-corrected chi connectivity index (χ1v) is 5.91. The average Bonchev–Trinajstić information content (AvgIpc) is 2.33. The van der Waals surface area contributed by atoms with Crippen molar-refractivity contribution in [1.82, 2.24) is 5.32 Å². The van der Waals surface area contributed by atoms with Gasteiger partial charge in [0.2, 0.25) is 0 Å². The minimum atomic E-state index is -4.76. The highest BCUT2D eigenvalue weighted by molar-refractivity contribution is 9.10. The smallest absolute Gasteiger partial charge is 0.416 e. The molecule has 1 amide bonds. The van der Waals surface area contributed by atoms with Crippen LogP contribution in [0.2, 0.25) is 0 Å². The SMILES string of the molecule is COc1cc(Br)cc(C(=O)NC[C@@H](O)C(F)(F)F)c1. The van der Waals surface area contributed by atoms with E-state index in [0.29, 0.717) is 10.2 Å². The van der Waals surface area contributed by atoms with Gasteiger partial charge in [-0.2, -0.15) is 13.2 Å². The Kier molecular flexibility index (Phi) is 5.19. The van der Waals surface area contributed by atoms with Gasteiger partial charge in [-0.05, 0) is 18.2 Å². The van der Waals surface area contributed by atoms with Crippen LogP contribution in [0.5, 0.6) is 5.75 Å². The predicted molar refractivity (Wildman–Crippen MR) is 65.1 cm³/mol. The minimum Gasteiger partial charge on any atom is -0.497 e. The van der Waals surface area contributed by atoms with Crippen molar-refractivity contribution in [2.24, 2.45) is 0 Å². The summed E-state index contributed by atoms with van der Waals surface area (Å²) in [5.74, 6) is -0.348. The molecule has 0 unspecified atom stereocenters. The van der Waals surface area contributed by atoms with Crippen molar-refractivity contribution in [2.75, 3.05) is 13.7 Å². The molecule has 0 heterocycles. The second-order valence-electron chi connectivity index (χ2n) is 3.65. The summed E-state index contributed by atoms with van der Waals surface area (Å²) in [6, 6.07) is 4.40. The van der Waals surface area contributed by atoms with Crippen molar-refractivity contribution in [3.63, 3.8) is 0 Å². The molecule has 0 aliphatic carbocycles. The second kappa shape index (κ2) is 6.25. The van der Waals surface area contributed by atoms with E-state index in [0.717, 1.165) is 0 Å². The fourth-order valence-electron chi connectivity index (χ4n) is 1.22. The topological polar surface area (TPSA) is 58.6 Å². The zero-order chi connectivity index (χ0) is 14.6. The molecule has 1 aromatic carbocycles. The molecule has 0 aromatic heterocycles. The van der Waals surface area contributed by atoms with Crippen LogP contribution in [-0.2, 0) is 0 Å². The number of methoxy groups -OCH3 is 1. The van der Waals surface area contributed by atoms with Gasteiger partial charge in [-0.25, -0.2) is 0 Å². The maximum Gasteiger partial charge on any atom is 0.416 e. The van der Waals surface area contributed by atoms with Crippen molar-refractivity contribution >= 4 is 21.8 Å². The Hall–Kier alpha value is -1.28. The van der Waals surface area contributed by atoms with E-state index in [4.69, 9.17) is 9.84 Å². The quantitative estimate of drug-likeness (QED) is 0.881. The zero-order valence-corrected chi connectivity index (χ0v) is 11.4. The molecule has 0 saturated heterocycles. The molecule has 4 nitrogen and oxygen atoms in total. The number of carbonyl (C=O) groups is 1. The Morgan fingerprint density at radius 2 is 2.11 bits per heavy atom. The number of rotatable bonds is 4. The van der Waals surface area contributed by atoms with E-state index in [2.05, 4.69) is 15.9 Å². The van der Waals surface area contributed by atoms with Gasteiger partial charge >= 0.3 is 6.18 Å². The van der Waals surface area contributed by atoms with Crippen molar-refractivity contribution in [2.45, 2.75) is 12.3 Å². The molecule has 0 aliphatic heterocycles. The van der Waals surface area contributed by atoms with Gasteiger partial charge < -0.3 is 15.2 Å². The van der Waals surface area contributed by atoms with Gasteiger partial charge in [-0.3, -0.25) is 4.79 Å². The summed E-state index contributed by atoms with van der Waals surface area (Å²) in [5, 5.41) is 10.8. The molecular formula is C11H11BrF3NO3. The highest BCUT2D eigenvalue weighted by atomic mass is 79.9. The molecular weight excluding hydrogens is 331 g/mol. The number of ether oxygens (including phenoxy) is 1. The first-order chi connectivity index (χ1) is 8.74. The highest BCUT2D eigenvalue weighted by Crippen LogP contribution is 2.22. The number of nitrogens with one attached hydrogen (secondary N) is 1. The van der Waals surface area contributed by atoms with Gasteiger partial charge in [-0.1, -0.05) is 15.9 Å². The van der Waals surface area contributed by atoms with Gasteiger partial charge in [0.25, 0.3) is 5.91 Å². The average molecular weight is 342 g/mol. The van der Waals surface area contributed by atoms with Crippen LogP contribution in [0.25, 0.3) is 0 Å². The molecule has 0 radical (unpaired) electrons. The number of aliphatic hydroxyl groups excluding tert-OH is 1. The minimum absolute atomic E-state index is 0.126. The predicted octanol–water partition coefficient (Wildman–Crippen LogP) is 2.11. The fraction of sp³-hybridized carbons (Fsp3) is 0.364. The molecule has 1 rings (SSSR count). The molecule has 8 heteroatoms. The largest absolute Gasteiger partial charge is 0.497 e. The van der Waals surface area contributed by atoms with Gasteiger partial charge in [-0.15, -0.1) is 0 Å². The Morgan fingerprint density at radius 3 is 2.63 bits per heavy atom. The van der Waals surface area contributed by atoms with Crippen LogP contribution in [0.3, 0.4) is 0 Å². The summed E-state index contributed by atoms with van der Waals surface area (Å²) >= 11 is 3.14. The van der Waals surface area contributed by atoms with Crippen molar-refractivity contribution in [3.8, 4) is 5.75 Å². The maximum atomic E-state index is 12.1. The fourth-order valence-corrected chi connectivity index (χ4v) is 1.69. The van der Waals surface area contributed by atoms with Gasteiger partial charge in [0.15, 0.2) is 6.10 Å².